The molecule has 0 fully saturated rings. The highest BCUT2D eigenvalue weighted by atomic mass is 19.1. The summed E-state index contributed by atoms with van der Waals surface area (Å²) in [4.78, 5) is 0. The van der Waals surface area contributed by atoms with E-state index in [-0.39, 0.29) is 29.4 Å². The van der Waals surface area contributed by atoms with Crippen molar-refractivity contribution in [2.45, 2.75) is 25.2 Å². The van der Waals surface area contributed by atoms with Gasteiger partial charge in [0.2, 0.25) is 11.8 Å². The van der Waals surface area contributed by atoms with Crippen LogP contribution in [0.1, 0.15) is 34.9 Å². The van der Waals surface area contributed by atoms with E-state index < -0.39 is 0 Å². The van der Waals surface area contributed by atoms with Gasteiger partial charge >= 0.3 is 0 Å². The predicted molar refractivity (Wildman–Crippen MR) is 73.0 cm³/mol. The Kier molecular flexibility index (Phi) is 2.12. The molecule has 1 aromatic carbocycles. The Bertz CT molecular complexity index is 725. The van der Waals surface area contributed by atoms with E-state index in [4.69, 9.17) is 0 Å². The first-order valence-corrected chi connectivity index (χ1v) is 6.69. The molecule has 2 aliphatic rings. The van der Waals surface area contributed by atoms with Gasteiger partial charge in [-0.15, -0.1) is 0 Å². The van der Waals surface area contributed by atoms with Crippen LogP contribution in [0.2, 0.25) is 0 Å². The quantitative estimate of drug-likeness (QED) is 0.780. The van der Waals surface area contributed by atoms with Gasteiger partial charge in [0.15, 0.2) is 0 Å². The topological polar surface area (TPSA) is 45.4 Å². The van der Waals surface area contributed by atoms with Crippen LogP contribution in [0.25, 0.3) is 5.69 Å². The maximum Gasteiger partial charge on any atom is 0.202 e. The van der Waals surface area contributed by atoms with Crippen molar-refractivity contribution in [2.24, 2.45) is 0 Å². The lowest BCUT2D eigenvalue weighted by molar-refractivity contribution is 0.395. The Labute approximate surface area is 115 Å². The van der Waals surface area contributed by atoms with Gasteiger partial charge in [-0.1, -0.05) is 12.2 Å². The van der Waals surface area contributed by atoms with Gasteiger partial charge in [-0.25, -0.2) is 4.39 Å². The average molecular weight is 271 g/mol. The van der Waals surface area contributed by atoms with Gasteiger partial charge in [-0.05, 0) is 37.1 Å². The third-order valence-corrected chi connectivity index (χ3v) is 4.42. The Balaban J connectivity index is 1.94. The zero-order chi connectivity index (χ0) is 14.0. The van der Waals surface area contributed by atoms with E-state index in [1.807, 2.05) is 0 Å². The van der Waals surface area contributed by atoms with E-state index >= 15 is 0 Å². The Hall–Kier alpha value is -2.23. The molecule has 0 amide bonds. The standard InChI is InChI=1S/C16H14FNO2/c1-8-6-11(4-5-12(8)17)18-15(19)13-9-2-3-10(7-9)14(13)16(18)20/h2-6,9-10,19-20H,7H2,1H3. The van der Waals surface area contributed by atoms with Crippen LogP contribution in [0.5, 0.6) is 11.8 Å². The molecule has 20 heavy (non-hydrogen) atoms. The summed E-state index contributed by atoms with van der Waals surface area (Å²) in [7, 11) is 0. The van der Waals surface area contributed by atoms with E-state index in [0.717, 1.165) is 17.5 Å². The molecule has 0 spiro atoms. The molecule has 2 aromatic rings. The summed E-state index contributed by atoms with van der Waals surface area (Å²) in [5.74, 6) is 0.210. The molecule has 4 rings (SSSR count). The van der Waals surface area contributed by atoms with Crippen molar-refractivity contribution in [3.63, 3.8) is 0 Å². The normalized spacial score (nSPS) is 22.5. The van der Waals surface area contributed by atoms with Gasteiger partial charge in [0.05, 0.1) is 5.69 Å². The largest absolute Gasteiger partial charge is 0.494 e. The third-order valence-electron chi connectivity index (χ3n) is 4.42. The highest BCUT2D eigenvalue weighted by molar-refractivity contribution is 5.62. The molecule has 0 radical (unpaired) electrons. The molecule has 4 heteroatoms. The SMILES string of the molecule is Cc1cc(-n2c(O)c3c(c2O)C2C=CC3C2)ccc1F. The monoisotopic (exact) mass is 271 g/mol. The third kappa shape index (κ3) is 1.28. The molecule has 2 atom stereocenters. The number of rotatable bonds is 1. The Morgan fingerprint density at radius 2 is 1.70 bits per heavy atom. The van der Waals surface area contributed by atoms with Gasteiger partial charge in [-0.2, -0.15) is 0 Å². The van der Waals surface area contributed by atoms with Crippen molar-refractivity contribution < 1.29 is 14.6 Å². The molecule has 2 N–H and O–H groups in total. The highest BCUT2D eigenvalue weighted by Crippen LogP contribution is 2.57. The molecular formula is C16H14FNO2. The fraction of sp³-hybridized carbons (Fsp3) is 0.250. The fourth-order valence-corrected chi connectivity index (χ4v) is 3.45. The van der Waals surface area contributed by atoms with Crippen molar-refractivity contribution in [3.8, 4) is 17.4 Å². The van der Waals surface area contributed by atoms with Gasteiger partial charge in [0.25, 0.3) is 0 Å². The molecule has 0 saturated carbocycles. The smallest absolute Gasteiger partial charge is 0.202 e. The number of hydrogen-bond donors (Lipinski definition) is 2. The Morgan fingerprint density at radius 3 is 2.25 bits per heavy atom. The van der Waals surface area contributed by atoms with Crippen LogP contribution in [0.4, 0.5) is 4.39 Å². The summed E-state index contributed by atoms with van der Waals surface area (Å²) in [5, 5.41) is 20.9. The van der Waals surface area contributed by atoms with E-state index in [1.165, 1.54) is 10.6 Å². The van der Waals surface area contributed by atoms with Gasteiger partial charge in [0.1, 0.15) is 5.82 Å². The molecule has 1 aromatic heterocycles. The molecule has 0 saturated heterocycles. The second-order valence-corrected chi connectivity index (χ2v) is 5.58. The maximum absolute atomic E-state index is 13.4. The molecule has 2 aliphatic carbocycles. The predicted octanol–water partition coefficient (Wildman–Crippen LogP) is 3.48. The fourth-order valence-electron chi connectivity index (χ4n) is 3.45. The van der Waals surface area contributed by atoms with E-state index in [1.54, 1.807) is 19.1 Å². The summed E-state index contributed by atoms with van der Waals surface area (Å²) in [6.07, 6.45) is 5.08. The first kappa shape index (κ1) is 11.6. The first-order valence-electron chi connectivity index (χ1n) is 6.69. The van der Waals surface area contributed by atoms with Crippen molar-refractivity contribution in [1.82, 2.24) is 4.57 Å². The van der Waals surface area contributed by atoms with Crippen LogP contribution >= 0.6 is 0 Å². The number of aryl methyl sites for hydroxylation is 1. The van der Waals surface area contributed by atoms with Crippen LogP contribution in [0.15, 0.2) is 30.4 Å². The molecule has 1 heterocycles. The number of aromatic hydroxyl groups is 2. The van der Waals surface area contributed by atoms with E-state index in [2.05, 4.69) is 12.2 Å². The summed E-state index contributed by atoms with van der Waals surface area (Å²) in [6.45, 7) is 1.66. The second-order valence-electron chi connectivity index (χ2n) is 5.58. The van der Waals surface area contributed by atoms with Gasteiger partial charge in [-0.3, -0.25) is 4.57 Å². The summed E-state index contributed by atoms with van der Waals surface area (Å²) in [6, 6.07) is 4.53. The first-order chi connectivity index (χ1) is 9.58. The van der Waals surface area contributed by atoms with E-state index in [9.17, 15) is 14.6 Å². The van der Waals surface area contributed by atoms with Crippen molar-refractivity contribution >= 4 is 0 Å². The lowest BCUT2D eigenvalue weighted by Crippen LogP contribution is -1.97. The van der Waals surface area contributed by atoms with Crippen LogP contribution < -0.4 is 0 Å². The molecular weight excluding hydrogens is 257 g/mol. The molecule has 2 unspecified atom stereocenters. The number of hydrogen-bond acceptors (Lipinski definition) is 2. The minimum atomic E-state index is -0.297. The van der Waals surface area contributed by atoms with Crippen molar-refractivity contribution in [2.75, 3.05) is 0 Å². The molecule has 2 bridgehead atoms. The minimum Gasteiger partial charge on any atom is -0.494 e. The van der Waals surface area contributed by atoms with Crippen LogP contribution in [0.3, 0.4) is 0 Å². The summed E-state index contributed by atoms with van der Waals surface area (Å²) in [5.41, 5.74) is 2.69. The van der Waals surface area contributed by atoms with Crippen molar-refractivity contribution in [3.05, 3.63) is 52.9 Å². The average Bonchev–Trinajstić information content (AvgIpc) is 3.08. The van der Waals surface area contributed by atoms with Crippen molar-refractivity contribution in [1.29, 1.82) is 0 Å². The number of halogens is 1. The Morgan fingerprint density at radius 1 is 1.10 bits per heavy atom. The zero-order valence-corrected chi connectivity index (χ0v) is 11.0. The van der Waals surface area contributed by atoms with Crippen LogP contribution in [-0.4, -0.2) is 14.8 Å². The molecule has 102 valence electrons. The highest BCUT2D eigenvalue weighted by Gasteiger charge is 2.41. The number of nitrogens with zero attached hydrogens (tertiary/aromatic N) is 1. The van der Waals surface area contributed by atoms with Crippen LogP contribution in [-0.2, 0) is 0 Å². The number of allylic oxidation sites excluding steroid dienone is 2. The number of aromatic nitrogens is 1. The maximum atomic E-state index is 13.4. The lowest BCUT2D eigenvalue weighted by Gasteiger charge is -2.10. The minimum absolute atomic E-state index is 0.0698. The molecule has 3 nitrogen and oxygen atoms in total. The number of fused-ring (bicyclic) bond motifs is 5. The second kappa shape index (κ2) is 3.66. The summed E-state index contributed by atoms with van der Waals surface area (Å²) >= 11 is 0. The number of benzene rings is 1. The van der Waals surface area contributed by atoms with Gasteiger partial charge < -0.3 is 10.2 Å². The molecule has 0 aliphatic heterocycles. The van der Waals surface area contributed by atoms with Gasteiger partial charge in [0, 0.05) is 23.0 Å². The summed E-state index contributed by atoms with van der Waals surface area (Å²) < 4.78 is 14.8. The zero-order valence-electron chi connectivity index (χ0n) is 11.0. The van der Waals surface area contributed by atoms with Crippen LogP contribution in [0, 0.1) is 12.7 Å². The lowest BCUT2D eigenvalue weighted by atomic mass is 10.0. The van der Waals surface area contributed by atoms with E-state index in [0.29, 0.717) is 11.3 Å².